The van der Waals surface area contributed by atoms with Crippen LogP contribution in [0.5, 0.6) is 0 Å². The Bertz CT molecular complexity index is 485. The lowest BCUT2D eigenvalue weighted by Gasteiger charge is -2.11. The highest BCUT2D eigenvalue weighted by Crippen LogP contribution is 2.34. The molecule has 0 amide bonds. The average Bonchev–Trinajstić information content (AvgIpc) is 2.21. The molecular weight excluding hydrogens is 395 g/mol. The Labute approximate surface area is 122 Å². The smallest absolute Gasteiger partial charge is 0.234 e. The third kappa shape index (κ3) is 4.75. The van der Waals surface area contributed by atoms with E-state index in [0.717, 1.165) is 0 Å². The molecule has 0 spiro atoms. The summed E-state index contributed by atoms with van der Waals surface area (Å²) in [7, 11) is -1.67. The molecule has 0 heterocycles. The Morgan fingerprint density at radius 3 is 2.29 bits per heavy atom. The number of rotatable bonds is 5. The summed E-state index contributed by atoms with van der Waals surface area (Å²) >= 11 is 12.4. The van der Waals surface area contributed by atoms with E-state index in [1.54, 1.807) is 19.2 Å². The van der Waals surface area contributed by atoms with Crippen LogP contribution in [0.25, 0.3) is 0 Å². The average molecular weight is 407 g/mol. The van der Waals surface area contributed by atoms with Gasteiger partial charge in [0.05, 0.1) is 11.4 Å². The molecule has 4 nitrogen and oxygen atoms in total. The van der Waals surface area contributed by atoms with E-state index in [0.29, 0.717) is 26.2 Å². The lowest BCUT2D eigenvalue weighted by atomic mass is 10.3. The Morgan fingerprint density at radius 1 is 1.29 bits per heavy atom. The first-order valence-corrected chi connectivity index (χ1v) is 8.27. The van der Waals surface area contributed by atoms with Crippen LogP contribution in [0.1, 0.15) is 0 Å². The molecule has 0 bridgehead atoms. The Morgan fingerprint density at radius 2 is 1.82 bits per heavy atom. The van der Waals surface area contributed by atoms with Crippen molar-refractivity contribution in [1.29, 1.82) is 0 Å². The van der Waals surface area contributed by atoms with Crippen LogP contribution >= 0.6 is 43.5 Å². The highest BCUT2D eigenvalue weighted by atomic mass is 79.9. The molecule has 17 heavy (non-hydrogen) atoms. The van der Waals surface area contributed by atoms with Gasteiger partial charge in [-0.3, -0.25) is 4.72 Å². The largest absolute Gasteiger partial charge is 0.319 e. The van der Waals surface area contributed by atoms with Crippen LogP contribution < -0.4 is 10.0 Å². The Kier molecular flexibility index (Phi) is 5.72. The third-order valence-electron chi connectivity index (χ3n) is 1.89. The zero-order valence-corrected chi connectivity index (χ0v) is 13.7. The van der Waals surface area contributed by atoms with Gasteiger partial charge >= 0.3 is 0 Å². The molecule has 1 aromatic carbocycles. The van der Waals surface area contributed by atoms with Crippen LogP contribution in [-0.4, -0.2) is 27.8 Å². The molecule has 0 aromatic heterocycles. The van der Waals surface area contributed by atoms with Crippen molar-refractivity contribution in [3.05, 3.63) is 26.1 Å². The second-order valence-corrected chi connectivity index (χ2v) is 7.26. The number of sulfonamides is 1. The monoisotopic (exact) mass is 404 g/mol. The van der Waals surface area contributed by atoms with E-state index in [1.165, 1.54) is 0 Å². The van der Waals surface area contributed by atoms with Gasteiger partial charge in [0.25, 0.3) is 0 Å². The summed E-state index contributed by atoms with van der Waals surface area (Å²) in [6.45, 7) is 0.387. The van der Waals surface area contributed by atoms with E-state index >= 15 is 0 Å². The van der Waals surface area contributed by atoms with Crippen LogP contribution in [0.15, 0.2) is 21.1 Å². The molecule has 1 aromatic rings. The van der Waals surface area contributed by atoms with Crippen molar-refractivity contribution in [2.24, 2.45) is 0 Å². The van der Waals surface area contributed by atoms with Crippen LogP contribution in [0.4, 0.5) is 5.69 Å². The molecule has 8 heteroatoms. The number of anilines is 1. The quantitative estimate of drug-likeness (QED) is 0.791. The minimum Gasteiger partial charge on any atom is -0.319 e. The highest BCUT2D eigenvalue weighted by molar-refractivity contribution is 9.11. The van der Waals surface area contributed by atoms with Gasteiger partial charge in [0.1, 0.15) is 0 Å². The maximum atomic E-state index is 11.7. The fourth-order valence-electron chi connectivity index (χ4n) is 1.08. The third-order valence-corrected chi connectivity index (χ3v) is 4.61. The molecule has 0 fully saturated rings. The van der Waals surface area contributed by atoms with E-state index in [-0.39, 0.29) is 5.75 Å². The molecule has 0 aliphatic rings. The first-order chi connectivity index (χ1) is 7.85. The molecular formula is C9H11Br2ClN2O2S. The molecule has 0 radical (unpaired) electrons. The molecule has 0 saturated carbocycles. The van der Waals surface area contributed by atoms with Crippen molar-refractivity contribution < 1.29 is 8.42 Å². The van der Waals surface area contributed by atoms with Crippen molar-refractivity contribution in [3.63, 3.8) is 0 Å². The minimum absolute atomic E-state index is 0.00497. The lowest BCUT2D eigenvalue weighted by molar-refractivity contribution is 0.598. The van der Waals surface area contributed by atoms with Gasteiger partial charge in [-0.15, -0.1) is 0 Å². The standard InChI is InChI=1S/C9H11Br2ClN2O2S/c1-13-2-3-17(15,16)14-9-7(10)4-6(12)5-8(9)11/h4-5,13-14H,2-3H2,1H3. The fourth-order valence-corrected chi connectivity index (χ4v) is 4.32. The van der Waals surface area contributed by atoms with Gasteiger partial charge in [-0.25, -0.2) is 8.42 Å². The Hall–Kier alpha value is 0.180. The SMILES string of the molecule is CNCCS(=O)(=O)Nc1c(Br)cc(Cl)cc1Br. The summed E-state index contributed by atoms with van der Waals surface area (Å²) < 4.78 is 27.1. The van der Waals surface area contributed by atoms with Crippen molar-refractivity contribution in [1.82, 2.24) is 5.32 Å². The van der Waals surface area contributed by atoms with Gasteiger partial charge in [0.15, 0.2) is 0 Å². The maximum absolute atomic E-state index is 11.7. The van der Waals surface area contributed by atoms with E-state index in [1.807, 2.05) is 0 Å². The summed E-state index contributed by atoms with van der Waals surface area (Å²) in [5, 5.41) is 3.30. The number of hydrogen-bond donors (Lipinski definition) is 2. The topological polar surface area (TPSA) is 58.2 Å². The zero-order chi connectivity index (χ0) is 13.1. The predicted octanol–water partition coefficient (Wildman–Crippen LogP) is 2.83. The summed E-state index contributed by atoms with van der Waals surface area (Å²) in [6, 6.07) is 3.25. The summed E-state index contributed by atoms with van der Waals surface area (Å²) in [5.74, 6) is 0.00497. The van der Waals surface area contributed by atoms with Gasteiger partial charge in [0, 0.05) is 20.5 Å². The minimum atomic E-state index is -3.37. The van der Waals surface area contributed by atoms with Crippen LogP contribution in [-0.2, 0) is 10.0 Å². The fraction of sp³-hybridized carbons (Fsp3) is 0.333. The second-order valence-electron chi connectivity index (χ2n) is 3.27. The molecule has 2 N–H and O–H groups in total. The van der Waals surface area contributed by atoms with E-state index in [4.69, 9.17) is 11.6 Å². The van der Waals surface area contributed by atoms with Crippen molar-refractivity contribution in [2.45, 2.75) is 0 Å². The van der Waals surface area contributed by atoms with E-state index in [2.05, 4.69) is 41.9 Å². The molecule has 0 unspecified atom stereocenters. The molecule has 0 aliphatic carbocycles. The number of nitrogens with one attached hydrogen (secondary N) is 2. The Balaban J connectivity index is 2.96. The summed E-state index contributed by atoms with van der Waals surface area (Å²) in [6.07, 6.45) is 0. The van der Waals surface area contributed by atoms with Crippen LogP contribution in [0.3, 0.4) is 0 Å². The summed E-state index contributed by atoms with van der Waals surface area (Å²) in [4.78, 5) is 0. The van der Waals surface area contributed by atoms with Gasteiger partial charge < -0.3 is 5.32 Å². The van der Waals surface area contributed by atoms with Gasteiger partial charge in [-0.2, -0.15) is 0 Å². The molecule has 0 atom stereocenters. The van der Waals surface area contributed by atoms with Crippen molar-refractivity contribution in [2.75, 3.05) is 24.1 Å². The molecule has 96 valence electrons. The predicted molar refractivity (Wildman–Crippen MR) is 78.2 cm³/mol. The number of hydrogen-bond acceptors (Lipinski definition) is 3. The van der Waals surface area contributed by atoms with E-state index < -0.39 is 10.0 Å². The molecule has 0 saturated heterocycles. The molecule has 0 aliphatic heterocycles. The van der Waals surface area contributed by atoms with Crippen molar-refractivity contribution in [3.8, 4) is 0 Å². The molecule has 1 rings (SSSR count). The van der Waals surface area contributed by atoms with Crippen LogP contribution in [0, 0.1) is 0 Å². The van der Waals surface area contributed by atoms with Crippen LogP contribution in [0.2, 0.25) is 5.02 Å². The van der Waals surface area contributed by atoms with Gasteiger partial charge in [-0.1, -0.05) is 11.6 Å². The zero-order valence-electron chi connectivity index (χ0n) is 8.93. The van der Waals surface area contributed by atoms with Crippen molar-refractivity contribution >= 4 is 59.2 Å². The normalized spacial score (nSPS) is 11.5. The maximum Gasteiger partial charge on any atom is 0.234 e. The van der Waals surface area contributed by atoms with E-state index in [9.17, 15) is 8.42 Å². The first-order valence-electron chi connectivity index (χ1n) is 4.65. The number of halogens is 3. The second kappa shape index (κ2) is 6.38. The van der Waals surface area contributed by atoms with Gasteiger partial charge in [0.2, 0.25) is 10.0 Å². The lowest BCUT2D eigenvalue weighted by Crippen LogP contribution is -2.24. The highest BCUT2D eigenvalue weighted by Gasteiger charge is 2.14. The van der Waals surface area contributed by atoms with Gasteiger partial charge in [-0.05, 0) is 51.0 Å². The number of benzene rings is 1. The first kappa shape index (κ1) is 15.2. The summed E-state index contributed by atoms with van der Waals surface area (Å²) in [5.41, 5.74) is 0.450.